The standard InChI is InChI=1S/C26H22N2O6/c1-4-33-26(31)19-7-5-6-18(14-19)23-13-12-21(34-23)15-22-16(2)27-28(24(22)29)20-10-8-17(9-11-20)25(30)32-3/h5-15H,4H2,1-3H3. The zero-order valence-corrected chi connectivity index (χ0v) is 18.9. The Bertz CT molecular complexity index is 1320. The highest BCUT2D eigenvalue weighted by Gasteiger charge is 2.29. The van der Waals surface area contributed by atoms with E-state index in [1.165, 1.54) is 12.1 Å². The fourth-order valence-electron chi connectivity index (χ4n) is 3.46. The summed E-state index contributed by atoms with van der Waals surface area (Å²) in [5, 5.41) is 5.62. The van der Waals surface area contributed by atoms with Gasteiger partial charge in [-0.1, -0.05) is 12.1 Å². The lowest BCUT2D eigenvalue weighted by atomic mass is 10.1. The van der Waals surface area contributed by atoms with Crippen molar-refractivity contribution in [3.8, 4) is 11.3 Å². The van der Waals surface area contributed by atoms with Crippen molar-refractivity contribution in [2.75, 3.05) is 18.7 Å². The number of hydrazone groups is 1. The summed E-state index contributed by atoms with van der Waals surface area (Å²) >= 11 is 0. The quantitative estimate of drug-likeness (QED) is 0.392. The third-order valence-electron chi connectivity index (χ3n) is 5.17. The summed E-state index contributed by atoms with van der Waals surface area (Å²) in [7, 11) is 1.31. The molecule has 2 heterocycles. The van der Waals surface area contributed by atoms with Crippen molar-refractivity contribution >= 4 is 35.3 Å². The van der Waals surface area contributed by atoms with Gasteiger partial charge in [0, 0.05) is 5.56 Å². The largest absolute Gasteiger partial charge is 0.465 e. The molecule has 0 saturated carbocycles. The van der Waals surface area contributed by atoms with Crippen LogP contribution in [-0.2, 0) is 14.3 Å². The lowest BCUT2D eigenvalue weighted by Gasteiger charge is -2.12. The number of esters is 2. The summed E-state index contributed by atoms with van der Waals surface area (Å²) in [6, 6.07) is 16.9. The molecule has 0 radical (unpaired) electrons. The van der Waals surface area contributed by atoms with Gasteiger partial charge in [-0.05, 0) is 68.5 Å². The average Bonchev–Trinajstić information content (AvgIpc) is 3.44. The van der Waals surface area contributed by atoms with E-state index in [1.807, 2.05) is 6.07 Å². The topological polar surface area (TPSA) is 98.4 Å². The molecule has 0 aliphatic carbocycles. The fourth-order valence-corrected chi connectivity index (χ4v) is 3.46. The molecule has 2 aromatic carbocycles. The van der Waals surface area contributed by atoms with Gasteiger partial charge in [0.05, 0.1) is 41.8 Å². The molecule has 1 amide bonds. The molecule has 8 heteroatoms. The van der Waals surface area contributed by atoms with Gasteiger partial charge in [0.15, 0.2) is 0 Å². The van der Waals surface area contributed by atoms with E-state index in [4.69, 9.17) is 13.9 Å². The molecule has 0 spiro atoms. The Balaban J connectivity index is 1.55. The maximum Gasteiger partial charge on any atom is 0.338 e. The Morgan fingerprint density at radius 3 is 2.50 bits per heavy atom. The second-order valence-electron chi connectivity index (χ2n) is 7.40. The molecule has 3 aromatic rings. The SMILES string of the molecule is CCOC(=O)c1cccc(-c2ccc(C=C3C(=O)N(c4ccc(C(=O)OC)cc4)N=C3C)o2)c1. The van der Waals surface area contributed by atoms with Crippen LogP contribution in [0.15, 0.2) is 75.8 Å². The minimum atomic E-state index is -0.457. The summed E-state index contributed by atoms with van der Waals surface area (Å²) < 4.78 is 15.7. The van der Waals surface area contributed by atoms with E-state index < -0.39 is 11.9 Å². The molecule has 172 valence electrons. The molecular weight excluding hydrogens is 436 g/mol. The van der Waals surface area contributed by atoms with E-state index in [0.29, 0.717) is 51.8 Å². The van der Waals surface area contributed by atoms with Gasteiger partial charge in [0.2, 0.25) is 0 Å². The summed E-state index contributed by atoms with van der Waals surface area (Å²) in [5.41, 5.74) is 2.97. The molecule has 0 bridgehead atoms. The minimum Gasteiger partial charge on any atom is -0.465 e. The Hall–Kier alpha value is -4.46. The number of amides is 1. The molecule has 1 aliphatic rings. The monoisotopic (exact) mass is 458 g/mol. The van der Waals surface area contributed by atoms with Gasteiger partial charge in [-0.25, -0.2) is 9.59 Å². The zero-order chi connectivity index (χ0) is 24.2. The molecule has 0 atom stereocenters. The summed E-state index contributed by atoms with van der Waals surface area (Å²) in [4.78, 5) is 36.7. The van der Waals surface area contributed by atoms with Gasteiger partial charge in [0.1, 0.15) is 11.5 Å². The van der Waals surface area contributed by atoms with Crippen LogP contribution in [0.2, 0.25) is 0 Å². The smallest absolute Gasteiger partial charge is 0.338 e. The first-order valence-corrected chi connectivity index (χ1v) is 10.6. The maximum absolute atomic E-state index is 13.0. The lowest BCUT2D eigenvalue weighted by molar-refractivity contribution is -0.114. The number of anilines is 1. The van der Waals surface area contributed by atoms with Gasteiger partial charge in [-0.15, -0.1) is 0 Å². The number of ether oxygens (including phenoxy) is 2. The van der Waals surface area contributed by atoms with Crippen LogP contribution in [-0.4, -0.2) is 37.3 Å². The Morgan fingerprint density at radius 1 is 1.03 bits per heavy atom. The van der Waals surface area contributed by atoms with Crippen LogP contribution in [0.3, 0.4) is 0 Å². The lowest BCUT2D eigenvalue weighted by Crippen LogP contribution is -2.21. The van der Waals surface area contributed by atoms with Gasteiger partial charge < -0.3 is 13.9 Å². The van der Waals surface area contributed by atoms with E-state index in [2.05, 4.69) is 5.10 Å². The van der Waals surface area contributed by atoms with Crippen LogP contribution in [0, 0.1) is 0 Å². The maximum atomic E-state index is 13.0. The van der Waals surface area contributed by atoms with Crippen molar-refractivity contribution in [3.63, 3.8) is 0 Å². The first-order chi connectivity index (χ1) is 16.4. The minimum absolute atomic E-state index is 0.295. The van der Waals surface area contributed by atoms with E-state index in [1.54, 1.807) is 74.5 Å². The van der Waals surface area contributed by atoms with Crippen LogP contribution >= 0.6 is 0 Å². The second kappa shape index (κ2) is 9.58. The number of furan rings is 1. The first kappa shape index (κ1) is 22.7. The molecule has 0 saturated heterocycles. The van der Waals surface area contributed by atoms with Crippen LogP contribution in [0.1, 0.15) is 40.3 Å². The van der Waals surface area contributed by atoms with E-state index in [9.17, 15) is 14.4 Å². The predicted octanol–water partition coefficient (Wildman–Crippen LogP) is 4.72. The summed E-state index contributed by atoms with van der Waals surface area (Å²) in [6.07, 6.45) is 1.63. The molecule has 34 heavy (non-hydrogen) atoms. The van der Waals surface area contributed by atoms with Crippen molar-refractivity contribution in [1.82, 2.24) is 0 Å². The third-order valence-corrected chi connectivity index (χ3v) is 5.17. The highest BCUT2D eigenvalue weighted by atomic mass is 16.5. The number of hydrogen-bond donors (Lipinski definition) is 0. The van der Waals surface area contributed by atoms with E-state index >= 15 is 0 Å². The average molecular weight is 458 g/mol. The molecule has 0 fully saturated rings. The molecule has 1 aliphatic heterocycles. The molecule has 0 N–H and O–H groups in total. The van der Waals surface area contributed by atoms with E-state index in [-0.39, 0.29) is 5.91 Å². The van der Waals surface area contributed by atoms with Gasteiger partial charge in [-0.3, -0.25) is 4.79 Å². The number of carbonyl (C=O) groups is 3. The Morgan fingerprint density at radius 2 is 1.79 bits per heavy atom. The molecule has 8 nitrogen and oxygen atoms in total. The van der Waals surface area contributed by atoms with Crippen molar-refractivity contribution in [2.45, 2.75) is 13.8 Å². The number of nitrogens with zero attached hydrogens (tertiary/aromatic N) is 2. The number of methoxy groups -OCH3 is 1. The molecule has 4 rings (SSSR count). The van der Waals surface area contributed by atoms with Gasteiger partial charge in [-0.2, -0.15) is 10.1 Å². The van der Waals surface area contributed by atoms with Gasteiger partial charge in [0.25, 0.3) is 5.91 Å². The Kier molecular flexibility index (Phi) is 6.40. The number of rotatable bonds is 6. The summed E-state index contributed by atoms with van der Waals surface area (Å²) in [6.45, 7) is 3.78. The normalized spacial score (nSPS) is 14.3. The molecule has 0 unspecified atom stereocenters. The highest BCUT2D eigenvalue weighted by Crippen LogP contribution is 2.28. The van der Waals surface area contributed by atoms with Crippen LogP contribution in [0.5, 0.6) is 0 Å². The number of benzene rings is 2. The molecular formula is C26H22N2O6. The predicted molar refractivity (Wildman–Crippen MR) is 126 cm³/mol. The fraction of sp³-hybridized carbons (Fsp3) is 0.154. The zero-order valence-electron chi connectivity index (χ0n) is 18.9. The van der Waals surface area contributed by atoms with Crippen molar-refractivity contribution in [2.24, 2.45) is 5.10 Å². The number of carbonyl (C=O) groups excluding carboxylic acids is 3. The first-order valence-electron chi connectivity index (χ1n) is 10.6. The van der Waals surface area contributed by atoms with Crippen molar-refractivity contribution < 1.29 is 28.3 Å². The van der Waals surface area contributed by atoms with Crippen molar-refractivity contribution in [1.29, 1.82) is 0 Å². The number of hydrogen-bond acceptors (Lipinski definition) is 7. The van der Waals surface area contributed by atoms with E-state index in [0.717, 1.165) is 0 Å². The van der Waals surface area contributed by atoms with Gasteiger partial charge >= 0.3 is 11.9 Å². The Labute approximate surface area is 196 Å². The third kappa shape index (κ3) is 4.52. The molecule has 1 aromatic heterocycles. The summed E-state index contributed by atoms with van der Waals surface area (Å²) in [5.74, 6) is -0.154. The van der Waals surface area contributed by atoms with Crippen LogP contribution < -0.4 is 5.01 Å². The van der Waals surface area contributed by atoms with Crippen molar-refractivity contribution in [3.05, 3.63) is 83.1 Å². The second-order valence-corrected chi connectivity index (χ2v) is 7.40. The highest BCUT2D eigenvalue weighted by molar-refractivity contribution is 6.32. The van der Waals surface area contributed by atoms with Crippen LogP contribution in [0.4, 0.5) is 5.69 Å². The van der Waals surface area contributed by atoms with Crippen LogP contribution in [0.25, 0.3) is 17.4 Å².